The van der Waals surface area contributed by atoms with Crippen molar-refractivity contribution in [1.29, 1.82) is 0 Å². The topological polar surface area (TPSA) is 63.3 Å². The summed E-state index contributed by atoms with van der Waals surface area (Å²) >= 11 is 0. The second kappa shape index (κ2) is 2.78. The molecule has 0 radical (unpaired) electrons. The summed E-state index contributed by atoms with van der Waals surface area (Å²) in [4.78, 5) is 8.63. The summed E-state index contributed by atoms with van der Waals surface area (Å²) in [5.74, 6) is 0. The van der Waals surface area contributed by atoms with Crippen molar-refractivity contribution in [2.45, 2.75) is 0 Å². The molecule has 0 aliphatic carbocycles. The Bertz CT molecular complexity index is 262. The van der Waals surface area contributed by atoms with E-state index in [9.17, 15) is 4.57 Å². The summed E-state index contributed by atoms with van der Waals surface area (Å²) in [7, 11) is -2.29. The first-order valence-electron chi connectivity index (χ1n) is 2.72. The SMILES string of the molecule is Nc1ccccc1[P+](=O)O. The van der Waals surface area contributed by atoms with E-state index in [0.717, 1.165) is 0 Å². The summed E-state index contributed by atoms with van der Waals surface area (Å²) in [6, 6.07) is 6.53. The van der Waals surface area contributed by atoms with Gasteiger partial charge in [0.25, 0.3) is 0 Å². The number of nitrogens with two attached hydrogens (primary N) is 1. The largest absolute Gasteiger partial charge is 0.548 e. The quantitative estimate of drug-likeness (QED) is 0.463. The molecule has 4 heteroatoms. The zero-order valence-corrected chi connectivity index (χ0v) is 6.08. The molecule has 0 aliphatic heterocycles. The van der Waals surface area contributed by atoms with Gasteiger partial charge in [-0.15, -0.1) is 0 Å². The van der Waals surface area contributed by atoms with Crippen LogP contribution >= 0.6 is 8.03 Å². The van der Waals surface area contributed by atoms with Gasteiger partial charge in [0, 0.05) is 0 Å². The number of hydrogen-bond acceptors (Lipinski definition) is 2. The fraction of sp³-hybridized carbons (Fsp3) is 0. The Balaban J connectivity index is 3.15. The van der Waals surface area contributed by atoms with Gasteiger partial charge in [0.15, 0.2) is 0 Å². The maximum Gasteiger partial charge on any atom is 0.548 e. The third kappa shape index (κ3) is 1.32. The Hall–Kier alpha value is -0.920. The summed E-state index contributed by atoms with van der Waals surface area (Å²) in [6.07, 6.45) is 0. The van der Waals surface area contributed by atoms with E-state index in [1.807, 2.05) is 0 Å². The number of rotatable bonds is 1. The van der Waals surface area contributed by atoms with Crippen LogP contribution in [0.1, 0.15) is 0 Å². The molecule has 0 aromatic heterocycles. The van der Waals surface area contributed by atoms with Gasteiger partial charge in [0.1, 0.15) is 0 Å². The lowest BCUT2D eigenvalue weighted by Gasteiger charge is -1.87. The first kappa shape index (κ1) is 7.19. The second-order valence-corrected chi connectivity index (χ2v) is 2.86. The van der Waals surface area contributed by atoms with Crippen LogP contribution in [0.2, 0.25) is 0 Å². The molecule has 52 valence electrons. The number of hydrogen-bond donors (Lipinski definition) is 2. The molecular weight excluding hydrogens is 149 g/mol. The van der Waals surface area contributed by atoms with E-state index in [1.54, 1.807) is 18.2 Å². The molecule has 0 saturated carbocycles. The minimum atomic E-state index is -2.29. The van der Waals surface area contributed by atoms with Crippen molar-refractivity contribution in [1.82, 2.24) is 0 Å². The predicted octanol–water partition coefficient (Wildman–Crippen LogP) is 0.629. The van der Waals surface area contributed by atoms with Crippen molar-refractivity contribution >= 4 is 19.0 Å². The van der Waals surface area contributed by atoms with Crippen LogP contribution in [-0.4, -0.2) is 4.89 Å². The highest BCUT2D eigenvalue weighted by molar-refractivity contribution is 7.47. The molecule has 0 aliphatic rings. The van der Waals surface area contributed by atoms with Crippen molar-refractivity contribution < 1.29 is 9.46 Å². The van der Waals surface area contributed by atoms with Crippen LogP contribution in [0.5, 0.6) is 0 Å². The summed E-state index contributed by atoms with van der Waals surface area (Å²) in [5.41, 5.74) is 5.74. The maximum atomic E-state index is 10.5. The van der Waals surface area contributed by atoms with E-state index < -0.39 is 8.03 Å². The van der Waals surface area contributed by atoms with Crippen LogP contribution in [0.15, 0.2) is 24.3 Å². The fourth-order valence-corrected chi connectivity index (χ4v) is 1.17. The van der Waals surface area contributed by atoms with Gasteiger partial charge in [-0.3, -0.25) is 0 Å². The number of nitrogen functional groups attached to an aromatic ring is 1. The van der Waals surface area contributed by atoms with Gasteiger partial charge in [-0.25, -0.2) is 0 Å². The van der Waals surface area contributed by atoms with Gasteiger partial charge in [-0.1, -0.05) is 12.1 Å². The summed E-state index contributed by atoms with van der Waals surface area (Å²) in [5, 5.41) is 0.303. The Morgan fingerprint density at radius 1 is 1.40 bits per heavy atom. The average molecular weight is 156 g/mol. The molecule has 0 bridgehead atoms. The lowest BCUT2D eigenvalue weighted by atomic mass is 10.3. The highest BCUT2D eigenvalue weighted by Gasteiger charge is 2.18. The minimum Gasteiger partial charge on any atom is -0.395 e. The molecule has 3 N–H and O–H groups in total. The highest BCUT2D eigenvalue weighted by atomic mass is 31.1. The Labute approximate surface area is 59.4 Å². The third-order valence-electron chi connectivity index (χ3n) is 1.14. The Kier molecular flexibility index (Phi) is 2.00. The molecule has 0 spiro atoms. The monoisotopic (exact) mass is 156 g/mol. The molecule has 0 saturated heterocycles. The molecule has 0 amide bonds. The van der Waals surface area contributed by atoms with Gasteiger partial charge < -0.3 is 5.73 Å². The fourth-order valence-electron chi connectivity index (χ4n) is 0.662. The van der Waals surface area contributed by atoms with E-state index in [0.29, 0.717) is 11.0 Å². The molecule has 1 aromatic rings. The standard InChI is InChI=1S/C6H6NO2P/c7-5-3-1-2-4-6(5)10(8)9/h1-4H,7H2/p+1. The van der Waals surface area contributed by atoms with Crippen molar-refractivity contribution in [2.75, 3.05) is 5.73 Å². The zero-order chi connectivity index (χ0) is 7.56. The second-order valence-electron chi connectivity index (χ2n) is 1.83. The van der Waals surface area contributed by atoms with Gasteiger partial charge in [-0.05, 0) is 16.7 Å². The lowest BCUT2D eigenvalue weighted by molar-refractivity contribution is 0.513. The van der Waals surface area contributed by atoms with Crippen LogP contribution in [0.4, 0.5) is 5.69 Å². The first-order valence-corrected chi connectivity index (χ1v) is 3.93. The smallest absolute Gasteiger partial charge is 0.395 e. The van der Waals surface area contributed by atoms with Crippen LogP contribution < -0.4 is 11.0 Å². The van der Waals surface area contributed by atoms with Crippen LogP contribution in [-0.2, 0) is 4.57 Å². The molecule has 0 fully saturated rings. The number of para-hydroxylation sites is 1. The normalized spacial score (nSPS) is 11.1. The molecule has 1 aromatic carbocycles. The van der Waals surface area contributed by atoms with Gasteiger partial charge in [0.05, 0.1) is 5.69 Å². The van der Waals surface area contributed by atoms with E-state index in [4.69, 9.17) is 10.6 Å². The molecule has 0 heterocycles. The number of benzene rings is 1. The Morgan fingerprint density at radius 3 is 2.40 bits per heavy atom. The van der Waals surface area contributed by atoms with Crippen LogP contribution in [0.25, 0.3) is 0 Å². The Morgan fingerprint density at radius 2 is 2.00 bits per heavy atom. The first-order chi connectivity index (χ1) is 4.72. The predicted molar refractivity (Wildman–Crippen MR) is 40.3 cm³/mol. The van der Waals surface area contributed by atoms with Gasteiger partial charge in [0.2, 0.25) is 5.30 Å². The van der Waals surface area contributed by atoms with E-state index >= 15 is 0 Å². The van der Waals surface area contributed by atoms with Crippen molar-refractivity contribution in [3.63, 3.8) is 0 Å². The van der Waals surface area contributed by atoms with Crippen molar-refractivity contribution in [3.8, 4) is 0 Å². The van der Waals surface area contributed by atoms with Gasteiger partial charge in [-0.2, -0.15) is 4.89 Å². The minimum absolute atomic E-state index is 0.303. The number of anilines is 1. The highest BCUT2D eigenvalue weighted by Crippen LogP contribution is 2.16. The van der Waals surface area contributed by atoms with Crippen molar-refractivity contribution in [3.05, 3.63) is 24.3 Å². The van der Waals surface area contributed by atoms with E-state index in [2.05, 4.69) is 0 Å². The molecule has 1 rings (SSSR count). The molecule has 1 atom stereocenters. The molecule has 10 heavy (non-hydrogen) atoms. The summed E-state index contributed by atoms with van der Waals surface area (Å²) in [6.45, 7) is 0. The molecule has 1 unspecified atom stereocenters. The summed E-state index contributed by atoms with van der Waals surface area (Å²) < 4.78 is 10.5. The molecule has 3 nitrogen and oxygen atoms in total. The molecular formula is C6H7NO2P+. The average Bonchev–Trinajstić information content (AvgIpc) is 1.88. The van der Waals surface area contributed by atoms with Crippen LogP contribution in [0.3, 0.4) is 0 Å². The third-order valence-corrected chi connectivity index (χ3v) is 1.96. The van der Waals surface area contributed by atoms with Gasteiger partial charge >= 0.3 is 8.03 Å². The van der Waals surface area contributed by atoms with E-state index in [1.165, 1.54) is 6.07 Å². The van der Waals surface area contributed by atoms with E-state index in [-0.39, 0.29) is 0 Å². The lowest BCUT2D eigenvalue weighted by Crippen LogP contribution is -2.03. The maximum absolute atomic E-state index is 10.5. The van der Waals surface area contributed by atoms with Crippen LogP contribution in [0, 0.1) is 0 Å². The zero-order valence-electron chi connectivity index (χ0n) is 5.19. The van der Waals surface area contributed by atoms with Crippen molar-refractivity contribution in [2.24, 2.45) is 0 Å².